The fourth-order valence-corrected chi connectivity index (χ4v) is 4.73. The van der Waals surface area contributed by atoms with Crippen LogP contribution in [0.15, 0.2) is 0 Å². The van der Waals surface area contributed by atoms with Gasteiger partial charge in [0.1, 0.15) is 6.10 Å². The van der Waals surface area contributed by atoms with Gasteiger partial charge >= 0.3 is 12.1 Å². The Kier molecular flexibility index (Phi) is 28.1. The smallest absolute Gasteiger partial charge is 0.466 e. The summed E-state index contributed by atoms with van der Waals surface area (Å²) in [4.78, 5) is 29.2. The molecule has 0 aliphatic heterocycles. The van der Waals surface area contributed by atoms with Gasteiger partial charge in [-0.2, -0.15) is 0 Å². The first kappa shape index (κ1) is 38.6. The van der Waals surface area contributed by atoms with Gasteiger partial charge in [0.15, 0.2) is 0 Å². The molecule has 8 heteroatoms. The van der Waals surface area contributed by atoms with Gasteiger partial charge in [-0.1, -0.05) is 72.6 Å². The van der Waals surface area contributed by atoms with Crippen molar-refractivity contribution in [2.24, 2.45) is 0 Å². The van der Waals surface area contributed by atoms with Crippen molar-refractivity contribution in [1.82, 2.24) is 9.80 Å². The zero-order chi connectivity index (χ0) is 29.7. The second-order valence-electron chi connectivity index (χ2n) is 10.9. The van der Waals surface area contributed by atoms with Gasteiger partial charge in [-0.15, -0.1) is 0 Å². The second-order valence-corrected chi connectivity index (χ2v) is 10.9. The predicted molar refractivity (Wildman–Crippen MR) is 164 cm³/mol. The monoisotopic (exact) mass is 572 g/mol. The number of nitrogens with zero attached hydrogens (tertiary/aromatic N) is 2. The molecule has 0 aromatic heterocycles. The largest absolute Gasteiger partial charge is 0.508 e. The van der Waals surface area contributed by atoms with Crippen molar-refractivity contribution in [2.75, 3.05) is 59.1 Å². The average molecular weight is 573 g/mol. The van der Waals surface area contributed by atoms with Gasteiger partial charge in [0.2, 0.25) is 0 Å². The lowest BCUT2D eigenvalue weighted by Gasteiger charge is -2.26. The molecule has 0 aliphatic rings. The number of ether oxygens (including phenoxy) is 3. The Hall–Kier alpha value is -1.38. The quantitative estimate of drug-likeness (QED) is 0.0759. The van der Waals surface area contributed by atoms with E-state index in [2.05, 4.69) is 37.5 Å². The van der Waals surface area contributed by atoms with E-state index in [1.807, 2.05) is 0 Å². The van der Waals surface area contributed by atoms with Gasteiger partial charge in [-0.3, -0.25) is 4.79 Å². The highest BCUT2D eigenvalue weighted by Crippen LogP contribution is 2.16. The molecule has 0 spiro atoms. The van der Waals surface area contributed by atoms with E-state index in [1.165, 1.54) is 32.1 Å². The second kappa shape index (κ2) is 29.1. The molecular formula is C32H64N2O6. The van der Waals surface area contributed by atoms with E-state index < -0.39 is 6.16 Å². The van der Waals surface area contributed by atoms with Crippen LogP contribution in [0.1, 0.15) is 130 Å². The maximum absolute atomic E-state index is 12.4. The molecule has 0 fully saturated rings. The summed E-state index contributed by atoms with van der Waals surface area (Å²) in [5.41, 5.74) is 0. The van der Waals surface area contributed by atoms with Gasteiger partial charge in [0.05, 0.1) is 13.2 Å². The zero-order valence-electron chi connectivity index (χ0n) is 26.6. The van der Waals surface area contributed by atoms with Crippen molar-refractivity contribution in [3.63, 3.8) is 0 Å². The Balaban J connectivity index is 4.35. The molecule has 0 bridgehead atoms. The number of esters is 1. The van der Waals surface area contributed by atoms with E-state index in [1.54, 1.807) is 0 Å². The number of rotatable bonds is 29. The molecule has 1 atom stereocenters. The van der Waals surface area contributed by atoms with Gasteiger partial charge in [0.25, 0.3) is 0 Å². The summed E-state index contributed by atoms with van der Waals surface area (Å²) in [6.07, 6.45) is 14.5. The summed E-state index contributed by atoms with van der Waals surface area (Å²) in [5, 5.41) is 9.23. The van der Waals surface area contributed by atoms with Crippen LogP contribution in [-0.2, 0) is 19.0 Å². The fraction of sp³-hybridized carbons (Fsp3) is 0.938. The van der Waals surface area contributed by atoms with Crippen LogP contribution >= 0.6 is 0 Å². The summed E-state index contributed by atoms with van der Waals surface area (Å²) in [5.74, 6) is -0.125. The molecule has 0 radical (unpaired) electrons. The molecule has 0 aromatic carbocycles. The topological polar surface area (TPSA) is 88.5 Å². The predicted octanol–water partition coefficient (Wildman–Crippen LogP) is 6.97. The number of likely N-dealkylation sites (N-methyl/N-ethyl adjacent to an activating group) is 1. The Morgan fingerprint density at radius 3 is 1.85 bits per heavy atom. The molecule has 0 saturated carbocycles. The molecule has 8 nitrogen and oxygen atoms in total. The van der Waals surface area contributed by atoms with Crippen LogP contribution < -0.4 is 0 Å². The van der Waals surface area contributed by atoms with Gasteiger partial charge in [-0.05, 0) is 64.5 Å². The molecule has 1 N–H and O–H groups in total. The number of carbonyl (C=O) groups is 2. The van der Waals surface area contributed by atoms with Crippen LogP contribution in [-0.4, -0.2) is 92.2 Å². The van der Waals surface area contributed by atoms with Crippen LogP contribution in [0.3, 0.4) is 0 Å². The number of hydrogen-bond acceptors (Lipinski definition) is 8. The maximum atomic E-state index is 12.4. The molecule has 0 aliphatic carbocycles. The molecule has 40 heavy (non-hydrogen) atoms. The van der Waals surface area contributed by atoms with E-state index in [0.717, 1.165) is 103 Å². The number of carbonyl (C=O) groups excluding carboxylic acids is 2. The summed E-state index contributed by atoms with van der Waals surface area (Å²) in [7, 11) is 0. The van der Waals surface area contributed by atoms with Crippen molar-refractivity contribution in [3.05, 3.63) is 0 Å². The van der Waals surface area contributed by atoms with E-state index in [4.69, 9.17) is 14.2 Å². The molecule has 0 aromatic rings. The highest BCUT2D eigenvalue weighted by Gasteiger charge is 2.16. The van der Waals surface area contributed by atoms with Crippen LogP contribution in [0.2, 0.25) is 0 Å². The first-order chi connectivity index (χ1) is 19.5. The van der Waals surface area contributed by atoms with Crippen molar-refractivity contribution < 1.29 is 28.9 Å². The van der Waals surface area contributed by atoms with Crippen molar-refractivity contribution in [3.8, 4) is 0 Å². The first-order valence-corrected chi connectivity index (χ1v) is 16.5. The Bertz CT molecular complexity index is 574. The Morgan fingerprint density at radius 2 is 1.20 bits per heavy atom. The SMILES string of the molecule is CCCCCCCOC(=O)CCCCC(CCCCCC)OC(=O)OCCCN(CCCO)CCN(CC)CC. The number of aliphatic hydroxyl groups is 1. The zero-order valence-corrected chi connectivity index (χ0v) is 26.6. The van der Waals surface area contributed by atoms with Crippen LogP contribution in [0.25, 0.3) is 0 Å². The van der Waals surface area contributed by atoms with Crippen molar-refractivity contribution >= 4 is 12.1 Å². The summed E-state index contributed by atoms with van der Waals surface area (Å²) < 4.78 is 16.5. The molecule has 0 amide bonds. The molecule has 0 heterocycles. The fourth-order valence-electron chi connectivity index (χ4n) is 4.73. The summed E-state index contributed by atoms with van der Waals surface area (Å²) >= 11 is 0. The van der Waals surface area contributed by atoms with Gasteiger partial charge in [0, 0.05) is 39.2 Å². The Morgan fingerprint density at radius 1 is 0.625 bits per heavy atom. The molecular weight excluding hydrogens is 508 g/mol. The number of aliphatic hydroxyl groups excluding tert-OH is 1. The van der Waals surface area contributed by atoms with Crippen LogP contribution in [0.5, 0.6) is 0 Å². The third kappa shape index (κ3) is 24.4. The van der Waals surface area contributed by atoms with E-state index >= 15 is 0 Å². The third-order valence-corrected chi connectivity index (χ3v) is 7.41. The standard InChI is InChI=1S/C32H64N2O6/c1-5-9-11-13-17-28-38-31(36)22-16-15-21-30(20-14-12-10-6-2)40-32(37)39-29-19-24-34(23-18-27-35)26-25-33(7-3)8-4/h30,35H,5-29H2,1-4H3. The Labute approximate surface area is 246 Å². The van der Waals surface area contributed by atoms with Crippen molar-refractivity contribution in [2.45, 2.75) is 137 Å². The lowest BCUT2D eigenvalue weighted by Crippen LogP contribution is -2.36. The van der Waals surface area contributed by atoms with Crippen LogP contribution in [0, 0.1) is 0 Å². The third-order valence-electron chi connectivity index (χ3n) is 7.41. The summed E-state index contributed by atoms with van der Waals surface area (Å²) in [6, 6.07) is 0. The minimum Gasteiger partial charge on any atom is -0.466 e. The normalized spacial score (nSPS) is 12.2. The molecule has 0 saturated heterocycles. The lowest BCUT2D eigenvalue weighted by molar-refractivity contribution is -0.143. The van der Waals surface area contributed by atoms with E-state index in [9.17, 15) is 14.7 Å². The van der Waals surface area contributed by atoms with Crippen LogP contribution in [0.4, 0.5) is 4.79 Å². The van der Waals surface area contributed by atoms with E-state index in [0.29, 0.717) is 19.6 Å². The van der Waals surface area contributed by atoms with Crippen molar-refractivity contribution in [1.29, 1.82) is 0 Å². The first-order valence-electron chi connectivity index (χ1n) is 16.5. The average Bonchev–Trinajstić information content (AvgIpc) is 2.95. The minimum atomic E-state index is -0.590. The van der Waals surface area contributed by atoms with E-state index in [-0.39, 0.29) is 18.7 Å². The number of hydrogen-bond donors (Lipinski definition) is 1. The molecule has 238 valence electrons. The molecule has 0 rings (SSSR count). The lowest BCUT2D eigenvalue weighted by atomic mass is 10.0. The highest BCUT2D eigenvalue weighted by atomic mass is 16.7. The summed E-state index contributed by atoms with van der Waals surface area (Å²) in [6.45, 7) is 15.4. The highest BCUT2D eigenvalue weighted by molar-refractivity contribution is 5.69. The maximum Gasteiger partial charge on any atom is 0.508 e. The molecule has 1 unspecified atom stereocenters. The minimum absolute atomic E-state index is 0.125. The number of unbranched alkanes of at least 4 members (excludes halogenated alkanes) is 8. The van der Waals surface area contributed by atoms with Gasteiger partial charge in [-0.25, -0.2) is 4.79 Å². The van der Waals surface area contributed by atoms with Gasteiger partial charge < -0.3 is 29.1 Å².